The molecule has 0 unspecified atom stereocenters. The minimum atomic E-state index is -0.267. The van der Waals surface area contributed by atoms with E-state index in [4.69, 9.17) is 4.42 Å². The van der Waals surface area contributed by atoms with Crippen LogP contribution in [0.25, 0.3) is 11.3 Å². The number of anilines is 1. The highest BCUT2D eigenvalue weighted by atomic mass is 16.4. The first kappa shape index (κ1) is 20.1. The second kappa shape index (κ2) is 9.50. The van der Waals surface area contributed by atoms with E-state index in [1.807, 2.05) is 31.2 Å². The molecule has 1 aromatic heterocycles. The normalized spacial score (nSPS) is 10.4. The van der Waals surface area contributed by atoms with Crippen molar-refractivity contribution >= 4 is 17.5 Å². The monoisotopic (exact) mass is 389 g/mol. The van der Waals surface area contributed by atoms with Crippen molar-refractivity contribution in [3.05, 3.63) is 84.4 Å². The Bertz CT molecular complexity index is 1010. The maximum atomic E-state index is 12.4. The molecule has 29 heavy (non-hydrogen) atoms. The number of nitrogens with one attached hydrogen (secondary N) is 2. The summed E-state index contributed by atoms with van der Waals surface area (Å²) in [6.45, 7) is 5.95. The summed E-state index contributed by atoms with van der Waals surface area (Å²) in [4.78, 5) is 28.8. The van der Waals surface area contributed by atoms with Gasteiger partial charge in [-0.15, -0.1) is 6.58 Å². The molecule has 148 valence electrons. The number of rotatable bonds is 8. The largest absolute Gasteiger partial charge is 0.441 e. The molecule has 0 saturated carbocycles. The minimum Gasteiger partial charge on any atom is -0.441 e. The molecule has 6 heteroatoms. The summed E-state index contributed by atoms with van der Waals surface area (Å²) in [6.07, 6.45) is 3.82. The molecule has 1 heterocycles. The van der Waals surface area contributed by atoms with E-state index >= 15 is 0 Å². The fourth-order valence-electron chi connectivity index (χ4n) is 2.76. The maximum absolute atomic E-state index is 12.4. The van der Waals surface area contributed by atoms with Crippen molar-refractivity contribution in [2.45, 2.75) is 19.8 Å². The van der Waals surface area contributed by atoms with Gasteiger partial charge in [-0.3, -0.25) is 9.59 Å². The Labute approximate surface area is 169 Å². The predicted octanol–water partition coefficient (Wildman–Crippen LogP) is 4.14. The summed E-state index contributed by atoms with van der Waals surface area (Å²) in [5.41, 5.74) is 2.98. The van der Waals surface area contributed by atoms with E-state index in [-0.39, 0.29) is 18.2 Å². The fourth-order valence-corrected chi connectivity index (χ4v) is 2.76. The SMILES string of the molecule is C=CCNC(=O)c1ccccc1NC(=O)CCc1ncc(-c2ccc(C)cc2)o1. The molecule has 0 atom stereocenters. The van der Waals surface area contributed by atoms with Gasteiger partial charge in [0, 0.05) is 24.9 Å². The van der Waals surface area contributed by atoms with Gasteiger partial charge in [0.05, 0.1) is 17.4 Å². The van der Waals surface area contributed by atoms with E-state index in [2.05, 4.69) is 22.2 Å². The summed E-state index contributed by atoms with van der Waals surface area (Å²) in [5, 5.41) is 5.50. The van der Waals surface area contributed by atoms with Crippen LogP contribution in [-0.2, 0) is 11.2 Å². The molecule has 2 aromatic carbocycles. The molecule has 0 saturated heterocycles. The molecule has 6 nitrogen and oxygen atoms in total. The molecule has 2 amide bonds. The van der Waals surface area contributed by atoms with Gasteiger partial charge in [0.25, 0.3) is 5.91 Å². The number of aryl methyl sites for hydroxylation is 2. The highest BCUT2D eigenvalue weighted by molar-refractivity contribution is 6.03. The smallest absolute Gasteiger partial charge is 0.253 e. The van der Waals surface area contributed by atoms with E-state index in [1.54, 1.807) is 36.5 Å². The van der Waals surface area contributed by atoms with Gasteiger partial charge < -0.3 is 15.1 Å². The Morgan fingerprint density at radius 1 is 1.14 bits per heavy atom. The van der Waals surface area contributed by atoms with Gasteiger partial charge in [0.2, 0.25) is 5.91 Å². The second-order valence-corrected chi connectivity index (χ2v) is 6.58. The third kappa shape index (κ3) is 5.42. The molecule has 0 fully saturated rings. The quantitative estimate of drug-likeness (QED) is 0.567. The van der Waals surface area contributed by atoms with Crippen molar-refractivity contribution in [3.8, 4) is 11.3 Å². The molecule has 3 aromatic rings. The van der Waals surface area contributed by atoms with Crippen LogP contribution < -0.4 is 10.6 Å². The maximum Gasteiger partial charge on any atom is 0.253 e. The van der Waals surface area contributed by atoms with Crippen LogP contribution in [0.3, 0.4) is 0 Å². The standard InChI is InChI=1S/C23H23N3O3/c1-3-14-24-23(28)18-6-4-5-7-19(18)26-21(27)12-13-22-25-15-20(29-22)17-10-8-16(2)9-11-17/h3-11,15H,1,12-14H2,2H3,(H,24,28)(H,26,27). The lowest BCUT2D eigenvalue weighted by Crippen LogP contribution is -2.25. The minimum absolute atomic E-state index is 0.191. The zero-order valence-corrected chi connectivity index (χ0v) is 16.3. The molecular formula is C23H23N3O3. The zero-order valence-electron chi connectivity index (χ0n) is 16.3. The van der Waals surface area contributed by atoms with Crippen LogP contribution in [0.1, 0.15) is 28.2 Å². The highest BCUT2D eigenvalue weighted by Crippen LogP contribution is 2.21. The lowest BCUT2D eigenvalue weighted by atomic mass is 10.1. The number of oxazole rings is 1. The van der Waals surface area contributed by atoms with E-state index in [9.17, 15) is 9.59 Å². The van der Waals surface area contributed by atoms with Crippen molar-refractivity contribution < 1.29 is 14.0 Å². The van der Waals surface area contributed by atoms with E-state index < -0.39 is 0 Å². The number of carbonyl (C=O) groups excluding carboxylic acids is 2. The lowest BCUT2D eigenvalue weighted by Gasteiger charge is -2.10. The summed E-state index contributed by atoms with van der Waals surface area (Å²) >= 11 is 0. The molecule has 3 rings (SSSR count). The number of hydrogen-bond donors (Lipinski definition) is 2. The van der Waals surface area contributed by atoms with Gasteiger partial charge in [-0.1, -0.05) is 48.0 Å². The molecule has 0 radical (unpaired) electrons. The zero-order chi connectivity index (χ0) is 20.6. The Morgan fingerprint density at radius 3 is 2.66 bits per heavy atom. The third-order valence-electron chi connectivity index (χ3n) is 4.31. The molecule has 0 aliphatic rings. The first-order valence-corrected chi connectivity index (χ1v) is 9.36. The van der Waals surface area contributed by atoms with Crippen LogP contribution in [0.15, 0.2) is 71.8 Å². The average Bonchev–Trinajstić information content (AvgIpc) is 3.20. The molecule has 0 bridgehead atoms. The topological polar surface area (TPSA) is 84.2 Å². The van der Waals surface area contributed by atoms with Crippen molar-refractivity contribution in [1.82, 2.24) is 10.3 Å². The average molecular weight is 389 g/mol. The van der Waals surface area contributed by atoms with Crippen molar-refractivity contribution in [1.29, 1.82) is 0 Å². The van der Waals surface area contributed by atoms with Crippen molar-refractivity contribution in [3.63, 3.8) is 0 Å². The molecule has 0 aliphatic heterocycles. The van der Waals surface area contributed by atoms with Gasteiger partial charge in [-0.25, -0.2) is 4.98 Å². The van der Waals surface area contributed by atoms with Gasteiger partial charge in [-0.2, -0.15) is 0 Å². The Hall–Kier alpha value is -3.67. The number of nitrogens with zero attached hydrogens (tertiary/aromatic N) is 1. The van der Waals surface area contributed by atoms with Crippen LogP contribution >= 0.6 is 0 Å². The Morgan fingerprint density at radius 2 is 1.90 bits per heavy atom. The summed E-state index contributed by atoms with van der Waals surface area (Å²) in [7, 11) is 0. The number of amides is 2. The molecule has 2 N–H and O–H groups in total. The van der Waals surface area contributed by atoms with Gasteiger partial charge in [-0.05, 0) is 19.1 Å². The number of aromatic nitrogens is 1. The van der Waals surface area contributed by atoms with Gasteiger partial charge in [0.1, 0.15) is 0 Å². The lowest BCUT2D eigenvalue weighted by molar-refractivity contribution is -0.116. The van der Waals surface area contributed by atoms with E-state index in [0.29, 0.717) is 35.9 Å². The number of para-hydroxylation sites is 1. The van der Waals surface area contributed by atoms with Crippen LogP contribution in [0, 0.1) is 6.92 Å². The van der Waals surface area contributed by atoms with E-state index in [0.717, 1.165) is 5.56 Å². The Balaban J connectivity index is 1.59. The van der Waals surface area contributed by atoms with E-state index in [1.165, 1.54) is 5.56 Å². The highest BCUT2D eigenvalue weighted by Gasteiger charge is 2.14. The summed E-state index contributed by atoms with van der Waals surface area (Å²) < 4.78 is 5.75. The number of hydrogen-bond acceptors (Lipinski definition) is 4. The summed E-state index contributed by atoms with van der Waals surface area (Å²) in [6, 6.07) is 14.8. The fraction of sp³-hybridized carbons (Fsp3) is 0.174. The van der Waals surface area contributed by atoms with Crippen LogP contribution in [0.5, 0.6) is 0 Å². The van der Waals surface area contributed by atoms with Crippen molar-refractivity contribution in [2.75, 3.05) is 11.9 Å². The second-order valence-electron chi connectivity index (χ2n) is 6.58. The molecular weight excluding hydrogens is 366 g/mol. The molecule has 0 spiro atoms. The van der Waals surface area contributed by atoms with Crippen molar-refractivity contribution in [2.24, 2.45) is 0 Å². The predicted molar refractivity (Wildman–Crippen MR) is 113 cm³/mol. The van der Waals surface area contributed by atoms with Gasteiger partial charge in [0.15, 0.2) is 11.7 Å². The summed E-state index contributed by atoms with van der Waals surface area (Å²) in [5.74, 6) is 0.678. The first-order chi connectivity index (χ1) is 14.1. The number of carbonyl (C=O) groups is 2. The number of benzene rings is 2. The third-order valence-corrected chi connectivity index (χ3v) is 4.31. The van der Waals surface area contributed by atoms with Crippen LogP contribution in [-0.4, -0.2) is 23.3 Å². The van der Waals surface area contributed by atoms with Crippen LogP contribution in [0.4, 0.5) is 5.69 Å². The van der Waals surface area contributed by atoms with Crippen LogP contribution in [0.2, 0.25) is 0 Å². The Kier molecular flexibility index (Phi) is 6.58. The first-order valence-electron chi connectivity index (χ1n) is 9.36. The molecule has 0 aliphatic carbocycles. The van der Waals surface area contributed by atoms with Gasteiger partial charge >= 0.3 is 0 Å².